The van der Waals surface area contributed by atoms with E-state index in [4.69, 9.17) is 0 Å². The van der Waals surface area contributed by atoms with Crippen LogP contribution in [0, 0.1) is 0 Å². The number of benzene rings is 1. The van der Waals surface area contributed by atoms with Crippen LogP contribution in [0.2, 0.25) is 0 Å². The molecule has 0 saturated heterocycles. The van der Waals surface area contributed by atoms with E-state index >= 15 is 0 Å². The molecule has 0 aromatic heterocycles. The molecule has 0 spiro atoms. The van der Waals surface area contributed by atoms with Gasteiger partial charge in [0.15, 0.2) is 0 Å². The largest absolute Gasteiger partial charge is 0.0640 e. The van der Waals surface area contributed by atoms with Crippen LogP contribution < -0.4 is 0 Å². The van der Waals surface area contributed by atoms with Gasteiger partial charge in [0.25, 0.3) is 0 Å². The van der Waals surface area contributed by atoms with Crippen LogP contribution in [0.4, 0.5) is 0 Å². The highest BCUT2D eigenvalue weighted by Crippen LogP contribution is 2.43. The third-order valence-electron chi connectivity index (χ3n) is 3.56. The van der Waals surface area contributed by atoms with Gasteiger partial charge in [0.05, 0.1) is 0 Å². The lowest BCUT2D eigenvalue weighted by molar-refractivity contribution is 1.18. The molecule has 0 atom stereocenters. The zero-order chi connectivity index (χ0) is 12.5. The van der Waals surface area contributed by atoms with Crippen molar-refractivity contribution >= 4 is 19.1 Å². The molecule has 0 fully saturated rings. The number of allylic oxidation sites excluding steroid dienone is 6. The second-order valence-electron chi connectivity index (χ2n) is 4.67. The van der Waals surface area contributed by atoms with Gasteiger partial charge in [0.1, 0.15) is 0 Å². The summed E-state index contributed by atoms with van der Waals surface area (Å²) < 4.78 is 0. The molecule has 18 heavy (non-hydrogen) atoms. The van der Waals surface area contributed by atoms with Crippen LogP contribution in [0.5, 0.6) is 0 Å². The highest BCUT2D eigenvalue weighted by molar-refractivity contribution is 7.47. The Hall–Kier alpha value is -1.39. The molecule has 0 unspecified atom stereocenters. The molecule has 0 radical (unpaired) electrons. The summed E-state index contributed by atoms with van der Waals surface area (Å²) >= 11 is 0. The van der Waals surface area contributed by atoms with Crippen molar-refractivity contribution < 1.29 is 0 Å². The quantitative estimate of drug-likeness (QED) is 0.647. The molecule has 1 aliphatic heterocycles. The van der Waals surface area contributed by atoms with Gasteiger partial charge in [-0.25, -0.2) is 0 Å². The fourth-order valence-corrected chi connectivity index (χ4v) is 3.86. The number of fused-ring (bicyclic) bond motifs is 1. The van der Waals surface area contributed by atoms with Crippen molar-refractivity contribution in [3.05, 3.63) is 64.5 Å². The normalized spacial score (nSPS) is 18.4. The lowest BCUT2D eigenvalue weighted by Crippen LogP contribution is -1.94. The molecule has 1 aromatic rings. The molecule has 90 valence electrons. The van der Waals surface area contributed by atoms with E-state index in [1.807, 2.05) is 0 Å². The first-order chi connectivity index (χ1) is 8.83. The predicted octanol–water partition coefficient (Wildman–Crippen LogP) is 5.22. The maximum absolute atomic E-state index is 2.40. The number of hydrogen-bond donors (Lipinski definition) is 0. The molecule has 0 nitrogen and oxygen atoms in total. The second-order valence-corrected chi connectivity index (χ2v) is 5.91. The summed E-state index contributed by atoms with van der Waals surface area (Å²) in [6.07, 6.45) is 7.08. The van der Waals surface area contributed by atoms with Crippen molar-refractivity contribution in [2.75, 3.05) is 0 Å². The van der Waals surface area contributed by atoms with Gasteiger partial charge in [0, 0.05) is 5.29 Å². The Labute approximate surface area is 111 Å². The maximum Gasteiger partial charge on any atom is 0.0131 e. The minimum absolute atomic E-state index is 1.13. The SMILES string of the molecule is CCC1=CC2=C(c3ccccc3)C=C(CC)C2=P1. The molecule has 1 heteroatoms. The first-order valence-corrected chi connectivity index (χ1v) is 7.53. The Kier molecular flexibility index (Phi) is 3.06. The van der Waals surface area contributed by atoms with E-state index in [0.717, 1.165) is 12.8 Å². The summed E-state index contributed by atoms with van der Waals surface area (Å²) in [4.78, 5) is 0. The summed E-state index contributed by atoms with van der Waals surface area (Å²) in [6.45, 7) is 4.50. The Bertz CT molecular complexity index is 598. The van der Waals surface area contributed by atoms with Crippen LogP contribution in [0.3, 0.4) is 0 Å². The van der Waals surface area contributed by atoms with Crippen molar-refractivity contribution in [1.29, 1.82) is 0 Å². The minimum atomic E-state index is 1.13. The van der Waals surface area contributed by atoms with Crippen LogP contribution in [-0.4, -0.2) is 5.29 Å². The van der Waals surface area contributed by atoms with Gasteiger partial charge >= 0.3 is 0 Å². The predicted molar refractivity (Wildman–Crippen MR) is 82.0 cm³/mol. The zero-order valence-electron chi connectivity index (χ0n) is 10.9. The van der Waals surface area contributed by atoms with Gasteiger partial charge in [0.2, 0.25) is 0 Å². The van der Waals surface area contributed by atoms with Crippen LogP contribution in [0.15, 0.2) is 58.9 Å². The molecule has 1 heterocycles. The van der Waals surface area contributed by atoms with E-state index in [-0.39, 0.29) is 0 Å². The van der Waals surface area contributed by atoms with Crippen molar-refractivity contribution in [2.24, 2.45) is 0 Å². The Morgan fingerprint density at radius 2 is 1.67 bits per heavy atom. The number of rotatable bonds is 3. The molecule has 0 N–H and O–H groups in total. The summed E-state index contributed by atoms with van der Waals surface area (Å²) in [7, 11) is 1.43. The van der Waals surface area contributed by atoms with E-state index in [1.54, 1.807) is 10.6 Å². The fraction of sp³-hybridized carbons (Fsp3) is 0.235. The molecule has 3 rings (SSSR count). The second kappa shape index (κ2) is 4.71. The third kappa shape index (κ3) is 1.82. The first kappa shape index (κ1) is 11.7. The average Bonchev–Trinajstić information content (AvgIpc) is 2.97. The van der Waals surface area contributed by atoms with Crippen LogP contribution in [0.1, 0.15) is 32.3 Å². The Morgan fingerprint density at radius 1 is 0.889 bits per heavy atom. The molecule has 1 aliphatic carbocycles. The number of hydrogen-bond acceptors (Lipinski definition) is 0. The maximum atomic E-state index is 2.40. The molecule has 2 aliphatic rings. The van der Waals surface area contributed by atoms with E-state index in [2.05, 4.69) is 56.3 Å². The van der Waals surface area contributed by atoms with E-state index in [0.29, 0.717) is 0 Å². The van der Waals surface area contributed by atoms with Crippen molar-refractivity contribution in [3.63, 3.8) is 0 Å². The highest BCUT2D eigenvalue weighted by Gasteiger charge is 2.24. The van der Waals surface area contributed by atoms with Gasteiger partial charge < -0.3 is 0 Å². The average molecular weight is 252 g/mol. The monoisotopic (exact) mass is 252 g/mol. The minimum Gasteiger partial charge on any atom is -0.0640 e. The fourth-order valence-electron chi connectivity index (χ4n) is 2.55. The smallest absolute Gasteiger partial charge is 0.0131 e. The van der Waals surface area contributed by atoms with Crippen molar-refractivity contribution in [3.8, 4) is 0 Å². The van der Waals surface area contributed by atoms with Gasteiger partial charge in [-0.3, -0.25) is 0 Å². The molecule has 0 amide bonds. The molecule has 1 aromatic carbocycles. The summed E-state index contributed by atoms with van der Waals surface area (Å²) in [5.74, 6) is 0. The van der Waals surface area contributed by atoms with Gasteiger partial charge in [-0.05, 0) is 52.6 Å². The zero-order valence-corrected chi connectivity index (χ0v) is 11.8. The lowest BCUT2D eigenvalue weighted by Gasteiger charge is -2.02. The third-order valence-corrected chi connectivity index (χ3v) is 5.05. The molecule has 0 bridgehead atoms. The molecular weight excluding hydrogens is 235 g/mol. The van der Waals surface area contributed by atoms with E-state index in [9.17, 15) is 0 Å². The summed E-state index contributed by atoms with van der Waals surface area (Å²) in [6, 6.07) is 10.8. The Balaban J connectivity index is 2.13. The van der Waals surface area contributed by atoms with E-state index < -0.39 is 0 Å². The van der Waals surface area contributed by atoms with Gasteiger partial charge in [-0.15, -0.1) is 0 Å². The van der Waals surface area contributed by atoms with Crippen LogP contribution in [0.25, 0.3) is 5.57 Å². The van der Waals surface area contributed by atoms with E-state index in [1.165, 1.54) is 30.5 Å². The lowest BCUT2D eigenvalue weighted by atomic mass is 10.0. The Morgan fingerprint density at radius 3 is 2.33 bits per heavy atom. The summed E-state index contributed by atoms with van der Waals surface area (Å²) in [5.41, 5.74) is 5.75. The van der Waals surface area contributed by atoms with Gasteiger partial charge in [-0.2, -0.15) is 0 Å². The highest BCUT2D eigenvalue weighted by atomic mass is 31.1. The van der Waals surface area contributed by atoms with Gasteiger partial charge in [-0.1, -0.05) is 52.4 Å². The molecule has 0 saturated carbocycles. The van der Waals surface area contributed by atoms with Crippen LogP contribution in [-0.2, 0) is 0 Å². The standard InChI is InChI=1S/C17H17P/c1-3-12-10-15(13-8-6-5-7-9-13)16-11-14(4-2)18-17(12)16/h5-11H,3-4H2,1-2H3. The molecular formula is C17H17P. The summed E-state index contributed by atoms with van der Waals surface area (Å²) in [5, 5.41) is 3.10. The topological polar surface area (TPSA) is 0 Å². The van der Waals surface area contributed by atoms with Crippen molar-refractivity contribution in [1.82, 2.24) is 0 Å². The first-order valence-electron chi connectivity index (χ1n) is 6.63. The van der Waals surface area contributed by atoms with Crippen LogP contribution >= 0.6 is 8.20 Å². The van der Waals surface area contributed by atoms with Crippen molar-refractivity contribution in [2.45, 2.75) is 26.7 Å².